The molecule has 5 rings (SSSR count). The summed E-state index contributed by atoms with van der Waals surface area (Å²) in [6.07, 6.45) is 0. The van der Waals surface area contributed by atoms with Crippen LogP contribution >= 0.6 is 27.3 Å². The molecule has 0 bridgehead atoms. The van der Waals surface area contributed by atoms with Gasteiger partial charge < -0.3 is 4.42 Å². The highest BCUT2D eigenvalue weighted by Gasteiger charge is 2.17. The number of amides is 1. The van der Waals surface area contributed by atoms with Crippen molar-refractivity contribution in [2.24, 2.45) is 4.99 Å². The molecule has 5 aromatic rings. The Balaban J connectivity index is 1.58. The largest absolute Gasteiger partial charge is 0.438 e. The number of benzene rings is 3. The molecule has 7 heteroatoms. The van der Waals surface area contributed by atoms with Crippen molar-refractivity contribution >= 4 is 55.0 Å². The summed E-state index contributed by atoms with van der Waals surface area (Å²) in [5.41, 5.74) is 7.22. The molecule has 0 saturated carbocycles. The number of aryl methyl sites for hydroxylation is 3. The standard InChI is InChI=1S/C29H24BrN3O2S/c1-16-8-10-20(11-9-16)26-19(4)36-29(32-26)33-27(34)23-15-21-14-22(30)12-13-25(21)35-28(23)31-24-7-5-6-17(2)18(24)3/h5-15H,1-4H3,(H,32,33,34). The number of halogens is 1. The maximum atomic E-state index is 13.5. The Labute approximate surface area is 221 Å². The van der Waals surface area contributed by atoms with Crippen molar-refractivity contribution in [1.82, 2.24) is 4.98 Å². The lowest BCUT2D eigenvalue weighted by atomic mass is 10.1. The van der Waals surface area contributed by atoms with Crippen molar-refractivity contribution in [1.29, 1.82) is 0 Å². The van der Waals surface area contributed by atoms with Gasteiger partial charge in [-0.2, -0.15) is 0 Å². The van der Waals surface area contributed by atoms with Crippen LogP contribution in [0.5, 0.6) is 0 Å². The molecule has 36 heavy (non-hydrogen) atoms. The Morgan fingerprint density at radius 2 is 1.78 bits per heavy atom. The molecule has 0 aliphatic heterocycles. The number of carbonyl (C=O) groups is 1. The van der Waals surface area contributed by atoms with Crippen LogP contribution in [0.1, 0.15) is 31.9 Å². The Hall–Kier alpha value is -3.55. The average molecular weight is 559 g/mol. The fourth-order valence-corrected chi connectivity index (χ4v) is 5.12. The first-order valence-corrected chi connectivity index (χ1v) is 13.1. The van der Waals surface area contributed by atoms with Gasteiger partial charge in [0.1, 0.15) is 11.1 Å². The van der Waals surface area contributed by atoms with Gasteiger partial charge in [0.25, 0.3) is 5.91 Å². The highest BCUT2D eigenvalue weighted by atomic mass is 79.9. The molecule has 0 saturated heterocycles. The van der Waals surface area contributed by atoms with Gasteiger partial charge in [-0.3, -0.25) is 10.1 Å². The fraction of sp³-hybridized carbons (Fsp3) is 0.138. The number of anilines is 1. The summed E-state index contributed by atoms with van der Waals surface area (Å²) >= 11 is 4.95. The van der Waals surface area contributed by atoms with Crippen LogP contribution in [0.4, 0.5) is 10.8 Å². The molecule has 5 nitrogen and oxygen atoms in total. The Morgan fingerprint density at radius 3 is 2.56 bits per heavy atom. The van der Waals surface area contributed by atoms with Gasteiger partial charge in [0.2, 0.25) is 5.55 Å². The van der Waals surface area contributed by atoms with E-state index >= 15 is 0 Å². The van der Waals surface area contributed by atoms with Crippen molar-refractivity contribution in [3.63, 3.8) is 0 Å². The van der Waals surface area contributed by atoms with Crippen LogP contribution in [-0.4, -0.2) is 10.9 Å². The minimum Gasteiger partial charge on any atom is -0.438 e. The second-order valence-electron chi connectivity index (χ2n) is 8.72. The summed E-state index contributed by atoms with van der Waals surface area (Å²) < 4.78 is 7.05. The number of hydrogen-bond acceptors (Lipinski definition) is 5. The zero-order valence-corrected chi connectivity index (χ0v) is 22.8. The van der Waals surface area contributed by atoms with E-state index in [9.17, 15) is 4.79 Å². The highest BCUT2D eigenvalue weighted by Crippen LogP contribution is 2.31. The maximum absolute atomic E-state index is 13.5. The quantitative estimate of drug-likeness (QED) is 0.243. The second-order valence-corrected chi connectivity index (χ2v) is 10.8. The van der Waals surface area contributed by atoms with Gasteiger partial charge in [0.15, 0.2) is 5.13 Å². The van der Waals surface area contributed by atoms with E-state index in [4.69, 9.17) is 14.4 Å². The lowest BCUT2D eigenvalue weighted by molar-refractivity contribution is 0.102. The molecule has 0 unspecified atom stereocenters. The third kappa shape index (κ3) is 4.90. The Morgan fingerprint density at radius 1 is 1.00 bits per heavy atom. The smallest absolute Gasteiger partial charge is 0.262 e. The number of rotatable bonds is 4. The lowest BCUT2D eigenvalue weighted by Crippen LogP contribution is -2.21. The zero-order chi connectivity index (χ0) is 25.4. The predicted molar refractivity (Wildman–Crippen MR) is 150 cm³/mol. The lowest BCUT2D eigenvalue weighted by Gasteiger charge is -2.07. The van der Waals surface area contributed by atoms with Gasteiger partial charge in [-0.1, -0.05) is 57.9 Å². The molecule has 2 aromatic heterocycles. The Kier molecular flexibility index (Phi) is 6.60. The summed E-state index contributed by atoms with van der Waals surface area (Å²) in [4.78, 5) is 24.0. The van der Waals surface area contributed by atoms with E-state index in [1.165, 1.54) is 16.9 Å². The van der Waals surface area contributed by atoms with E-state index in [1.807, 2.05) is 75.4 Å². The third-order valence-corrected chi connectivity index (χ3v) is 7.47. The van der Waals surface area contributed by atoms with Gasteiger partial charge in [0.05, 0.1) is 11.4 Å². The van der Waals surface area contributed by atoms with E-state index < -0.39 is 0 Å². The van der Waals surface area contributed by atoms with E-state index in [1.54, 1.807) is 0 Å². The van der Waals surface area contributed by atoms with Crippen LogP contribution in [-0.2, 0) is 0 Å². The highest BCUT2D eigenvalue weighted by molar-refractivity contribution is 9.10. The van der Waals surface area contributed by atoms with Crippen molar-refractivity contribution in [2.75, 3.05) is 5.32 Å². The molecule has 1 N–H and O–H groups in total. The van der Waals surface area contributed by atoms with E-state index in [-0.39, 0.29) is 11.5 Å². The van der Waals surface area contributed by atoms with E-state index in [2.05, 4.69) is 40.3 Å². The van der Waals surface area contributed by atoms with Crippen molar-refractivity contribution < 1.29 is 9.21 Å². The predicted octanol–water partition coefficient (Wildman–Crippen LogP) is 8.04. The van der Waals surface area contributed by atoms with Crippen LogP contribution in [0.15, 0.2) is 80.6 Å². The van der Waals surface area contributed by atoms with Gasteiger partial charge in [-0.15, -0.1) is 11.3 Å². The van der Waals surface area contributed by atoms with Crippen LogP contribution in [0.3, 0.4) is 0 Å². The zero-order valence-electron chi connectivity index (χ0n) is 20.3. The first-order valence-electron chi connectivity index (χ1n) is 11.5. The molecular formula is C29H24BrN3O2S. The first-order chi connectivity index (χ1) is 17.3. The van der Waals surface area contributed by atoms with Crippen molar-refractivity contribution in [3.05, 3.63) is 104 Å². The van der Waals surface area contributed by atoms with E-state index in [0.717, 1.165) is 42.8 Å². The number of aromatic nitrogens is 1. The third-order valence-electron chi connectivity index (χ3n) is 6.09. The Bertz CT molecular complexity index is 1680. The van der Waals surface area contributed by atoms with Crippen molar-refractivity contribution in [3.8, 4) is 11.3 Å². The van der Waals surface area contributed by atoms with E-state index in [0.29, 0.717) is 16.3 Å². The number of carbonyl (C=O) groups excluding carboxylic acids is 1. The van der Waals surface area contributed by atoms with Gasteiger partial charge in [-0.25, -0.2) is 9.98 Å². The number of hydrogen-bond donors (Lipinski definition) is 1. The molecular weight excluding hydrogens is 534 g/mol. The van der Waals surface area contributed by atoms with Gasteiger partial charge in [-0.05, 0) is 69.2 Å². The number of nitrogens with zero attached hydrogens (tertiary/aromatic N) is 2. The van der Waals surface area contributed by atoms with Crippen molar-refractivity contribution in [2.45, 2.75) is 27.7 Å². The first kappa shape index (κ1) is 24.2. The minimum absolute atomic E-state index is 0.253. The SMILES string of the molecule is Cc1ccc(-c2nc(NC(=O)c3cc4cc(Br)ccc4oc3=Nc3cccc(C)c3C)sc2C)cc1. The second kappa shape index (κ2) is 9.84. The topological polar surface area (TPSA) is 67.5 Å². The molecule has 0 aliphatic carbocycles. The normalized spacial score (nSPS) is 11.8. The average Bonchev–Trinajstić information content (AvgIpc) is 3.21. The molecule has 1 amide bonds. The molecule has 2 heterocycles. The number of fused-ring (bicyclic) bond motifs is 1. The molecule has 0 fully saturated rings. The molecule has 0 atom stereocenters. The molecule has 3 aromatic carbocycles. The molecule has 0 radical (unpaired) electrons. The fourth-order valence-electron chi connectivity index (χ4n) is 3.91. The van der Waals surface area contributed by atoms with Crippen LogP contribution in [0.25, 0.3) is 22.2 Å². The summed E-state index contributed by atoms with van der Waals surface area (Å²) in [7, 11) is 0. The summed E-state index contributed by atoms with van der Waals surface area (Å²) in [5.74, 6) is -0.325. The summed E-state index contributed by atoms with van der Waals surface area (Å²) in [6, 6.07) is 21.6. The maximum Gasteiger partial charge on any atom is 0.262 e. The summed E-state index contributed by atoms with van der Waals surface area (Å²) in [6.45, 7) is 8.11. The van der Waals surface area contributed by atoms with Gasteiger partial charge >= 0.3 is 0 Å². The van der Waals surface area contributed by atoms with Gasteiger partial charge in [0, 0.05) is 20.3 Å². The molecule has 180 valence electrons. The van der Waals surface area contributed by atoms with Crippen LogP contribution in [0.2, 0.25) is 0 Å². The monoisotopic (exact) mass is 557 g/mol. The minimum atomic E-state index is -0.325. The van der Waals surface area contributed by atoms with Crippen LogP contribution < -0.4 is 10.9 Å². The van der Waals surface area contributed by atoms with Crippen LogP contribution in [0, 0.1) is 27.7 Å². The molecule has 0 spiro atoms. The summed E-state index contributed by atoms with van der Waals surface area (Å²) in [5, 5.41) is 4.29. The number of nitrogens with one attached hydrogen (secondary N) is 1. The molecule has 0 aliphatic rings. The number of thiazole rings is 1.